The van der Waals surface area contributed by atoms with E-state index in [1.165, 1.54) is 0 Å². The average Bonchev–Trinajstić information content (AvgIpc) is 2.12. The van der Waals surface area contributed by atoms with Gasteiger partial charge in [0.2, 0.25) is 0 Å². The number of aromatic nitrogens is 2. The number of ether oxygens (including phenoxy) is 1. The van der Waals surface area contributed by atoms with E-state index in [1.807, 2.05) is 13.0 Å². The topological polar surface area (TPSA) is 61.0 Å². The van der Waals surface area contributed by atoms with E-state index in [0.717, 1.165) is 5.69 Å². The number of rotatable bonds is 3. The molecule has 0 fully saturated rings. The van der Waals surface area contributed by atoms with Crippen LogP contribution in [0.1, 0.15) is 39.2 Å². The predicted octanol–water partition coefficient (Wildman–Crippen LogP) is 1.89. The lowest BCUT2D eigenvalue weighted by molar-refractivity contribution is 0.128. The number of hydrogen-bond acceptors (Lipinski definition) is 4. The maximum atomic E-state index is 5.72. The summed E-state index contributed by atoms with van der Waals surface area (Å²) in [7, 11) is 0. The summed E-state index contributed by atoms with van der Waals surface area (Å²) in [5, 5.41) is 0. The molecule has 1 aromatic rings. The molecule has 1 heterocycles. The SMILES string of the molecule is CCOCc1nc(N)cc(C(C)(C)C)n1. The second-order valence-electron chi connectivity index (χ2n) is 4.48. The van der Waals surface area contributed by atoms with E-state index in [0.29, 0.717) is 24.9 Å². The van der Waals surface area contributed by atoms with E-state index in [1.54, 1.807) is 0 Å². The fourth-order valence-electron chi connectivity index (χ4n) is 1.16. The highest BCUT2D eigenvalue weighted by Crippen LogP contribution is 2.21. The van der Waals surface area contributed by atoms with E-state index in [4.69, 9.17) is 10.5 Å². The zero-order chi connectivity index (χ0) is 11.5. The summed E-state index contributed by atoms with van der Waals surface area (Å²) in [5.74, 6) is 1.16. The summed E-state index contributed by atoms with van der Waals surface area (Å²) in [6.07, 6.45) is 0. The van der Waals surface area contributed by atoms with Crippen molar-refractivity contribution in [2.75, 3.05) is 12.3 Å². The summed E-state index contributed by atoms with van der Waals surface area (Å²) < 4.78 is 5.26. The van der Waals surface area contributed by atoms with Gasteiger partial charge in [0.25, 0.3) is 0 Å². The van der Waals surface area contributed by atoms with Crippen molar-refractivity contribution in [3.63, 3.8) is 0 Å². The van der Waals surface area contributed by atoms with Crippen molar-refractivity contribution < 1.29 is 4.74 Å². The Morgan fingerprint density at radius 3 is 2.53 bits per heavy atom. The Kier molecular flexibility index (Phi) is 3.63. The van der Waals surface area contributed by atoms with Gasteiger partial charge in [-0.3, -0.25) is 0 Å². The molecule has 0 atom stereocenters. The van der Waals surface area contributed by atoms with Crippen molar-refractivity contribution in [3.05, 3.63) is 17.6 Å². The third-order valence-electron chi connectivity index (χ3n) is 2.00. The van der Waals surface area contributed by atoms with E-state index >= 15 is 0 Å². The van der Waals surface area contributed by atoms with Crippen molar-refractivity contribution in [1.29, 1.82) is 0 Å². The number of nitrogen functional groups attached to an aromatic ring is 1. The predicted molar refractivity (Wildman–Crippen MR) is 60.5 cm³/mol. The summed E-state index contributed by atoms with van der Waals surface area (Å²) in [5.41, 5.74) is 6.65. The van der Waals surface area contributed by atoms with E-state index in [9.17, 15) is 0 Å². The zero-order valence-electron chi connectivity index (χ0n) is 9.87. The minimum absolute atomic E-state index is 0.0158. The van der Waals surface area contributed by atoms with Crippen LogP contribution in [0.2, 0.25) is 0 Å². The fourth-order valence-corrected chi connectivity index (χ4v) is 1.16. The van der Waals surface area contributed by atoms with Crippen LogP contribution in [-0.4, -0.2) is 16.6 Å². The lowest BCUT2D eigenvalue weighted by Crippen LogP contribution is -2.16. The minimum atomic E-state index is -0.0158. The Morgan fingerprint density at radius 1 is 1.33 bits per heavy atom. The largest absolute Gasteiger partial charge is 0.384 e. The molecule has 0 radical (unpaired) electrons. The Hall–Kier alpha value is -1.16. The molecule has 0 aromatic carbocycles. The maximum Gasteiger partial charge on any atom is 0.156 e. The van der Waals surface area contributed by atoms with Crippen molar-refractivity contribution in [2.45, 2.75) is 39.7 Å². The Balaban J connectivity index is 2.95. The van der Waals surface area contributed by atoms with Gasteiger partial charge in [-0.15, -0.1) is 0 Å². The molecule has 2 N–H and O–H groups in total. The van der Waals surface area contributed by atoms with Crippen molar-refractivity contribution >= 4 is 5.82 Å². The van der Waals surface area contributed by atoms with Crippen molar-refractivity contribution in [2.24, 2.45) is 0 Å². The molecule has 15 heavy (non-hydrogen) atoms. The molecule has 0 aliphatic carbocycles. The quantitative estimate of drug-likeness (QED) is 0.825. The Morgan fingerprint density at radius 2 is 2.00 bits per heavy atom. The molecule has 0 spiro atoms. The fraction of sp³-hybridized carbons (Fsp3) is 0.636. The normalized spacial score (nSPS) is 11.7. The molecule has 0 bridgehead atoms. The molecule has 4 nitrogen and oxygen atoms in total. The Labute approximate surface area is 90.9 Å². The van der Waals surface area contributed by atoms with Gasteiger partial charge in [-0.05, 0) is 6.92 Å². The van der Waals surface area contributed by atoms with E-state index in [2.05, 4.69) is 30.7 Å². The number of hydrogen-bond donors (Lipinski definition) is 1. The molecule has 1 aromatic heterocycles. The molecule has 0 unspecified atom stereocenters. The van der Waals surface area contributed by atoms with Crippen LogP contribution in [0, 0.1) is 0 Å². The van der Waals surface area contributed by atoms with Crippen LogP contribution >= 0.6 is 0 Å². The van der Waals surface area contributed by atoms with Crippen LogP contribution in [0.15, 0.2) is 6.07 Å². The molecule has 0 saturated heterocycles. The molecule has 1 rings (SSSR count). The molecular weight excluding hydrogens is 190 g/mol. The monoisotopic (exact) mass is 209 g/mol. The van der Waals surface area contributed by atoms with Crippen molar-refractivity contribution in [3.8, 4) is 0 Å². The average molecular weight is 209 g/mol. The van der Waals surface area contributed by atoms with E-state index < -0.39 is 0 Å². The summed E-state index contributed by atoms with van der Waals surface area (Å²) in [6.45, 7) is 9.31. The minimum Gasteiger partial charge on any atom is -0.384 e. The van der Waals surface area contributed by atoms with Crippen LogP contribution in [0.4, 0.5) is 5.82 Å². The maximum absolute atomic E-state index is 5.72. The summed E-state index contributed by atoms with van der Waals surface area (Å²) in [6, 6.07) is 1.81. The van der Waals surface area contributed by atoms with Gasteiger partial charge in [0.15, 0.2) is 5.82 Å². The highest BCUT2D eigenvalue weighted by Gasteiger charge is 2.17. The van der Waals surface area contributed by atoms with Crippen LogP contribution in [0.5, 0.6) is 0 Å². The first-order chi connectivity index (χ1) is 6.93. The molecule has 84 valence electrons. The van der Waals surface area contributed by atoms with Crippen LogP contribution < -0.4 is 5.73 Å². The molecule has 0 amide bonds. The van der Waals surface area contributed by atoms with Gasteiger partial charge in [0, 0.05) is 18.1 Å². The van der Waals surface area contributed by atoms with Gasteiger partial charge in [0.05, 0.1) is 5.69 Å². The molecule has 4 heteroatoms. The zero-order valence-corrected chi connectivity index (χ0v) is 9.87. The van der Waals surface area contributed by atoms with E-state index in [-0.39, 0.29) is 5.41 Å². The van der Waals surface area contributed by atoms with Gasteiger partial charge in [0.1, 0.15) is 12.4 Å². The highest BCUT2D eigenvalue weighted by atomic mass is 16.5. The molecule has 0 aliphatic rings. The highest BCUT2D eigenvalue weighted by molar-refractivity contribution is 5.32. The Bertz CT molecular complexity index is 331. The number of nitrogens with zero attached hydrogens (tertiary/aromatic N) is 2. The first-order valence-electron chi connectivity index (χ1n) is 5.15. The van der Waals surface area contributed by atoms with Gasteiger partial charge in [-0.2, -0.15) is 0 Å². The third kappa shape index (κ3) is 3.47. The van der Waals surface area contributed by atoms with Gasteiger partial charge in [-0.25, -0.2) is 9.97 Å². The van der Waals surface area contributed by atoms with Crippen LogP contribution in [0.25, 0.3) is 0 Å². The first-order valence-corrected chi connectivity index (χ1v) is 5.15. The standard InChI is InChI=1S/C11H19N3O/c1-5-15-7-10-13-8(11(2,3)4)6-9(12)14-10/h6H,5,7H2,1-4H3,(H2,12,13,14). The number of nitrogens with two attached hydrogens (primary N) is 1. The van der Waals surface area contributed by atoms with Crippen molar-refractivity contribution in [1.82, 2.24) is 9.97 Å². The smallest absolute Gasteiger partial charge is 0.156 e. The van der Waals surface area contributed by atoms with Gasteiger partial charge >= 0.3 is 0 Å². The van der Waals surface area contributed by atoms with Crippen LogP contribution in [-0.2, 0) is 16.8 Å². The second kappa shape index (κ2) is 4.57. The van der Waals surface area contributed by atoms with Crippen LogP contribution in [0.3, 0.4) is 0 Å². The first kappa shape index (κ1) is 11.9. The summed E-state index contributed by atoms with van der Waals surface area (Å²) in [4.78, 5) is 8.55. The molecular formula is C11H19N3O. The lowest BCUT2D eigenvalue weighted by atomic mass is 9.92. The number of anilines is 1. The lowest BCUT2D eigenvalue weighted by Gasteiger charge is -2.18. The second-order valence-corrected chi connectivity index (χ2v) is 4.48. The van der Waals surface area contributed by atoms with Gasteiger partial charge < -0.3 is 10.5 Å². The van der Waals surface area contributed by atoms with Gasteiger partial charge in [-0.1, -0.05) is 20.8 Å². The summed E-state index contributed by atoms with van der Waals surface area (Å²) >= 11 is 0. The molecule has 0 saturated carbocycles. The molecule has 0 aliphatic heterocycles. The third-order valence-corrected chi connectivity index (χ3v) is 2.00.